The molecule has 1 fully saturated rings. The van der Waals surface area contributed by atoms with Crippen LogP contribution in [0.3, 0.4) is 0 Å². The topological polar surface area (TPSA) is 66.0 Å². The molecule has 64 valence electrons. The third-order valence-electron chi connectivity index (χ3n) is 2.63. The molecule has 0 spiro atoms. The number of carbonyl (C=O) groups is 1. The Labute approximate surface area is 69.6 Å². The number of nitrogens with zero attached hydrogens (tertiary/aromatic N) is 1. The van der Waals surface area contributed by atoms with Crippen LogP contribution in [0, 0.1) is 0 Å². The summed E-state index contributed by atoms with van der Waals surface area (Å²) < 4.78 is 0. The molecule has 1 aromatic rings. The maximum absolute atomic E-state index is 11.0. The summed E-state index contributed by atoms with van der Waals surface area (Å²) in [4.78, 5) is 17.7. The minimum absolute atomic E-state index is 0.656. The van der Waals surface area contributed by atoms with Crippen molar-refractivity contribution in [3.05, 3.63) is 18.2 Å². The van der Waals surface area contributed by atoms with E-state index in [0.29, 0.717) is 0 Å². The first kappa shape index (κ1) is 7.34. The van der Waals surface area contributed by atoms with Gasteiger partial charge in [0, 0.05) is 6.20 Å². The first-order valence-corrected chi connectivity index (χ1v) is 3.98. The molecule has 0 radical (unpaired) electrons. The summed E-state index contributed by atoms with van der Waals surface area (Å²) in [5.74, 6) is -0.738. The van der Waals surface area contributed by atoms with Crippen molar-refractivity contribution in [3.63, 3.8) is 0 Å². The van der Waals surface area contributed by atoms with Gasteiger partial charge in [0.1, 0.15) is 5.41 Å². The van der Waals surface area contributed by atoms with E-state index in [1.165, 1.54) is 6.33 Å². The Bertz CT molecular complexity index is 288. The van der Waals surface area contributed by atoms with E-state index in [0.717, 1.165) is 25.0 Å². The number of carboxylic acid groups (broad SMARTS) is 1. The van der Waals surface area contributed by atoms with Gasteiger partial charge in [0.15, 0.2) is 0 Å². The van der Waals surface area contributed by atoms with Crippen LogP contribution < -0.4 is 0 Å². The van der Waals surface area contributed by atoms with E-state index in [2.05, 4.69) is 9.97 Å². The monoisotopic (exact) mass is 166 g/mol. The Morgan fingerprint density at radius 1 is 1.67 bits per heavy atom. The quantitative estimate of drug-likeness (QED) is 0.686. The van der Waals surface area contributed by atoms with Gasteiger partial charge < -0.3 is 10.1 Å². The number of aliphatic carboxylic acids is 1. The summed E-state index contributed by atoms with van der Waals surface area (Å²) in [6, 6.07) is 0. The fraction of sp³-hybridized carbons (Fsp3) is 0.500. The molecule has 2 rings (SSSR count). The van der Waals surface area contributed by atoms with Crippen molar-refractivity contribution in [2.75, 3.05) is 0 Å². The van der Waals surface area contributed by atoms with E-state index in [1.807, 2.05) is 0 Å². The Balaban J connectivity index is 2.35. The number of H-pyrrole nitrogens is 1. The lowest BCUT2D eigenvalue weighted by Gasteiger charge is -2.36. The van der Waals surface area contributed by atoms with Crippen LogP contribution in [0.1, 0.15) is 25.0 Å². The highest BCUT2D eigenvalue weighted by Crippen LogP contribution is 2.42. The molecule has 2 N–H and O–H groups in total. The molecular formula is C8H10N2O2. The van der Waals surface area contributed by atoms with Gasteiger partial charge in [-0.25, -0.2) is 4.98 Å². The lowest BCUT2D eigenvalue weighted by molar-refractivity contribution is -0.147. The average molecular weight is 166 g/mol. The van der Waals surface area contributed by atoms with Gasteiger partial charge in [-0.1, -0.05) is 6.42 Å². The molecule has 1 heterocycles. The molecule has 4 heteroatoms. The molecule has 0 amide bonds. The van der Waals surface area contributed by atoms with Gasteiger partial charge >= 0.3 is 5.97 Å². The predicted octanol–water partition coefficient (Wildman–Crippen LogP) is 0.916. The van der Waals surface area contributed by atoms with Crippen molar-refractivity contribution in [3.8, 4) is 0 Å². The van der Waals surface area contributed by atoms with Crippen molar-refractivity contribution < 1.29 is 9.90 Å². The molecular weight excluding hydrogens is 156 g/mol. The van der Waals surface area contributed by atoms with Crippen molar-refractivity contribution in [2.24, 2.45) is 0 Å². The van der Waals surface area contributed by atoms with Crippen LogP contribution in [-0.4, -0.2) is 21.0 Å². The Kier molecular flexibility index (Phi) is 1.43. The van der Waals surface area contributed by atoms with Crippen molar-refractivity contribution in [1.82, 2.24) is 9.97 Å². The fourth-order valence-corrected chi connectivity index (χ4v) is 1.65. The second kappa shape index (κ2) is 2.33. The van der Waals surface area contributed by atoms with Gasteiger partial charge in [-0.3, -0.25) is 4.79 Å². The number of rotatable bonds is 2. The zero-order valence-electron chi connectivity index (χ0n) is 6.58. The SMILES string of the molecule is O=C(O)C1(c2cnc[nH]2)CCC1. The summed E-state index contributed by atoms with van der Waals surface area (Å²) in [7, 11) is 0. The summed E-state index contributed by atoms with van der Waals surface area (Å²) >= 11 is 0. The van der Waals surface area contributed by atoms with Gasteiger partial charge in [-0.05, 0) is 12.8 Å². The Morgan fingerprint density at radius 3 is 2.75 bits per heavy atom. The minimum atomic E-state index is -0.738. The van der Waals surface area contributed by atoms with Crippen LogP contribution >= 0.6 is 0 Å². The van der Waals surface area contributed by atoms with Crippen LogP contribution in [0.2, 0.25) is 0 Å². The minimum Gasteiger partial charge on any atom is -0.481 e. The maximum atomic E-state index is 11.0. The molecule has 1 aromatic heterocycles. The number of aromatic amines is 1. The van der Waals surface area contributed by atoms with Crippen LogP contribution in [0.25, 0.3) is 0 Å². The van der Waals surface area contributed by atoms with Crippen LogP contribution in [0.4, 0.5) is 0 Å². The van der Waals surface area contributed by atoms with Crippen molar-refractivity contribution in [2.45, 2.75) is 24.7 Å². The average Bonchev–Trinajstić information content (AvgIpc) is 2.35. The van der Waals surface area contributed by atoms with Gasteiger partial charge in [0.05, 0.1) is 12.0 Å². The van der Waals surface area contributed by atoms with Crippen LogP contribution in [-0.2, 0) is 10.2 Å². The normalized spacial score (nSPS) is 20.0. The third-order valence-corrected chi connectivity index (χ3v) is 2.63. The zero-order valence-corrected chi connectivity index (χ0v) is 6.58. The molecule has 0 bridgehead atoms. The summed E-state index contributed by atoms with van der Waals surface area (Å²) in [5.41, 5.74) is 0.0810. The number of aromatic nitrogens is 2. The lowest BCUT2D eigenvalue weighted by Crippen LogP contribution is -2.42. The second-order valence-electron chi connectivity index (χ2n) is 3.21. The molecule has 0 saturated heterocycles. The molecule has 1 aliphatic carbocycles. The van der Waals surface area contributed by atoms with Gasteiger partial charge in [0.25, 0.3) is 0 Å². The second-order valence-corrected chi connectivity index (χ2v) is 3.21. The van der Waals surface area contributed by atoms with Crippen LogP contribution in [0.5, 0.6) is 0 Å². The number of carboxylic acids is 1. The van der Waals surface area contributed by atoms with E-state index in [-0.39, 0.29) is 0 Å². The van der Waals surface area contributed by atoms with E-state index in [1.54, 1.807) is 6.20 Å². The van der Waals surface area contributed by atoms with E-state index >= 15 is 0 Å². The molecule has 0 atom stereocenters. The molecule has 4 nitrogen and oxygen atoms in total. The molecule has 1 aliphatic rings. The third kappa shape index (κ3) is 0.776. The van der Waals surface area contributed by atoms with Crippen molar-refractivity contribution >= 4 is 5.97 Å². The first-order chi connectivity index (χ1) is 5.76. The van der Waals surface area contributed by atoms with E-state index in [4.69, 9.17) is 5.11 Å². The molecule has 1 saturated carbocycles. The van der Waals surface area contributed by atoms with Gasteiger partial charge in [-0.15, -0.1) is 0 Å². The molecule has 0 aromatic carbocycles. The highest BCUT2D eigenvalue weighted by atomic mass is 16.4. The summed E-state index contributed by atoms with van der Waals surface area (Å²) in [5, 5.41) is 9.01. The fourth-order valence-electron chi connectivity index (χ4n) is 1.65. The molecule has 12 heavy (non-hydrogen) atoms. The number of nitrogens with one attached hydrogen (secondary N) is 1. The number of hydrogen-bond donors (Lipinski definition) is 2. The molecule has 0 aliphatic heterocycles. The van der Waals surface area contributed by atoms with E-state index < -0.39 is 11.4 Å². The van der Waals surface area contributed by atoms with Crippen molar-refractivity contribution in [1.29, 1.82) is 0 Å². The summed E-state index contributed by atoms with van der Waals surface area (Å²) in [6.45, 7) is 0. The molecule has 0 unspecified atom stereocenters. The smallest absolute Gasteiger partial charge is 0.315 e. The predicted molar refractivity (Wildman–Crippen MR) is 41.8 cm³/mol. The maximum Gasteiger partial charge on any atom is 0.315 e. The first-order valence-electron chi connectivity index (χ1n) is 3.98. The highest BCUT2D eigenvalue weighted by Gasteiger charge is 2.47. The standard InChI is InChI=1S/C8H10N2O2/c11-7(12)8(2-1-3-8)6-4-9-5-10-6/h4-5H,1-3H2,(H,9,10)(H,11,12). The van der Waals surface area contributed by atoms with Gasteiger partial charge in [0.2, 0.25) is 0 Å². The Morgan fingerprint density at radius 2 is 2.42 bits per heavy atom. The Hall–Kier alpha value is -1.32. The van der Waals surface area contributed by atoms with E-state index in [9.17, 15) is 4.79 Å². The number of imidazole rings is 1. The summed E-state index contributed by atoms with van der Waals surface area (Å²) in [6.07, 6.45) is 5.58. The largest absolute Gasteiger partial charge is 0.481 e. The van der Waals surface area contributed by atoms with Crippen LogP contribution in [0.15, 0.2) is 12.5 Å². The lowest BCUT2D eigenvalue weighted by atomic mass is 9.67. The zero-order chi connectivity index (χ0) is 8.60. The highest BCUT2D eigenvalue weighted by molar-refractivity contribution is 5.81. The van der Waals surface area contributed by atoms with Gasteiger partial charge in [-0.2, -0.15) is 0 Å². The number of hydrogen-bond acceptors (Lipinski definition) is 2.